The second-order valence-corrected chi connectivity index (χ2v) is 5.15. The Hall–Kier alpha value is -2.14. The van der Waals surface area contributed by atoms with Crippen molar-refractivity contribution < 1.29 is 4.74 Å². The maximum atomic E-state index is 5.70. The second kappa shape index (κ2) is 6.54. The summed E-state index contributed by atoms with van der Waals surface area (Å²) in [6.45, 7) is 2.41. The zero-order valence-electron chi connectivity index (χ0n) is 12.2. The van der Waals surface area contributed by atoms with Gasteiger partial charge in [0, 0.05) is 25.3 Å². The molecule has 1 aromatic carbocycles. The van der Waals surface area contributed by atoms with E-state index in [0.717, 1.165) is 31.1 Å². The molecule has 1 saturated heterocycles. The standard InChI is InChI=1S/C16H20N4O/c1-17-13-8-10-20(11-13)16-7-9-18-15(19-16)12-21-14-5-3-2-4-6-14/h2-7,9,13,17H,8,10-12H2,1H3/t13-/m1/s1. The highest BCUT2D eigenvalue weighted by atomic mass is 16.5. The van der Waals surface area contributed by atoms with E-state index in [2.05, 4.69) is 20.2 Å². The molecule has 0 saturated carbocycles. The minimum atomic E-state index is 0.390. The lowest BCUT2D eigenvalue weighted by Crippen LogP contribution is -2.30. The van der Waals surface area contributed by atoms with Crippen LogP contribution in [0, 0.1) is 0 Å². The summed E-state index contributed by atoms with van der Waals surface area (Å²) in [5.41, 5.74) is 0. The smallest absolute Gasteiger partial charge is 0.168 e. The Morgan fingerprint density at radius 3 is 2.90 bits per heavy atom. The fraction of sp³-hybridized carbons (Fsp3) is 0.375. The number of ether oxygens (including phenoxy) is 1. The lowest BCUT2D eigenvalue weighted by molar-refractivity contribution is 0.296. The zero-order chi connectivity index (χ0) is 14.5. The van der Waals surface area contributed by atoms with Crippen LogP contribution in [0.4, 0.5) is 5.82 Å². The molecule has 0 spiro atoms. The van der Waals surface area contributed by atoms with E-state index in [1.165, 1.54) is 0 Å². The van der Waals surface area contributed by atoms with Gasteiger partial charge in [-0.15, -0.1) is 0 Å². The molecule has 1 aromatic heterocycles. The van der Waals surface area contributed by atoms with Crippen LogP contribution in [0.2, 0.25) is 0 Å². The van der Waals surface area contributed by atoms with Crippen LogP contribution >= 0.6 is 0 Å². The molecular formula is C16H20N4O. The maximum absolute atomic E-state index is 5.70. The molecule has 3 rings (SSSR count). The first kappa shape index (κ1) is 13.8. The quantitative estimate of drug-likeness (QED) is 0.908. The summed E-state index contributed by atoms with van der Waals surface area (Å²) >= 11 is 0. The number of aromatic nitrogens is 2. The molecule has 5 nitrogen and oxygen atoms in total. The van der Waals surface area contributed by atoms with E-state index in [1.54, 1.807) is 6.20 Å². The van der Waals surface area contributed by atoms with Gasteiger partial charge in [0.05, 0.1) is 0 Å². The van der Waals surface area contributed by atoms with Gasteiger partial charge in [-0.25, -0.2) is 9.97 Å². The molecule has 1 aliphatic heterocycles. The number of nitrogens with one attached hydrogen (secondary N) is 1. The predicted molar refractivity (Wildman–Crippen MR) is 82.5 cm³/mol. The van der Waals surface area contributed by atoms with Gasteiger partial charge in [0.25, 0.3) is 0 Å². The number of nitrogens with zero attached hydrogens (tertiary/aromatic N) is 3. The van der Waals surface area contributed by atoms with Crippen LogP contribution in [0.5, 0.6) is 5.75 Å². The third kappa shape index (κ3) is 3.49. The molecule has 0 unspecified atom stereocenters. The topological polar surface area (TPSA) is 50.3 Å². The third-order valence-electron chi connectivity index (χ3n) is 3.72. The minimum Gasteiger partial charge on any atom is -0.486 e. The Balaban J connectivity index is 1.63. The van der Waals surface area contributed by atoms with Crippen molar-refractivity contribution in [3.8, 4) is 5.75 Å². The van der Waals surface area contributed by atoms with Crippen LogP contribution in [-0.2, 0) is 6.61 Å². The van der Waals surface area contributed by atoms with Crippen LogP contribution in [0.15, 0.2) is 42.6 Å². The van der Waals surface area contributed by atoms with E-state index >= 15 is 0 Å². The number of benzene rings is 1. The van der Waals surface area contributed by atoms with Crippen molar-refractivity contribution in [1.29, 1.82) is 0 Å². The highest BCUT2D eigenvalue weighted by molar-refractivity contribution is 5.39. The summed E-state index contributed by atoms with van der Waals surface area (Å²) < 4.78 is 5.70. The molecule has 2 heterocycles. The number of hydrogen-bond acceptors (Lipinski definition) is 5. The van der Waals surface area contributed by atoms with Gasteiger partial charge in [0.1, 0.15) is 18.2 Å². The van der Waals surface area contributed by atoms with Crippen LogP contribution in [-0.4, -0.2) is 36.1 Å². The average Bonchev–Trinajstić information content (AvgIpc) is 3.03. The summed E-state index contributed by atoms with van der Waals surface area (Å²) in [7, 11) is 2.01. The molecule has 0 bridgehead atoms. The maximum Gasteiger partial charge on any atom is 0.168 e. The van der Waals surface area contributed by atoms with Crippen LogP contribution < -0.4 is 15.0 Å². The first-order valence-electron chi connectivity index (χ1n) is 7.27. The van der Waals surface area contributed by atoms with E-state index < -0.39 is 0 Å². The van der Waals surface area contributed by atoms with Gasteiger partial charge in [-0.2, -0.15) is 0 Å². The lowest BCUT2D eigenvalue weighted by Gasteiger charge is -2.17. The van der Waals surface area contributed by atoms with Crippen molar-refractivity contribution in [3.05, 3.63) is 48.4 Å². The summed E-state index contributed by atoms with van der Waals surface area (Å²) in [4.78, 5) is 11.2. The van der Waals surface area contributed by atoms with E-state index in [-0.39, 0.29) is 0 Å². The third-order valence-corrected chi connectivity index (χ3v) is 3.72. The molecule has 0 radical (unpaired) electrons. The highest BCUT2D eigenvalue weighted by Gasteiger charge is 2.22. The molecule has 0 aliphatic carbocycles. The number of rotatable bonds is 5. The van der Waals surface area contributed by atoms with Crippen molar-refractivity contribution in [3.63, 3.8) is 0 Å². The molecular weight excluding hydrogens is 264 g/mol. The van der Waals surface area contributed by atoms with Gasteiger partial charge in [-0.1, -0.05) is 18.2 Å². The van der Waals surface area contributed by atoms with Crippen molar-refractivity contribution in [1.82, 2.24) is 15.3 Å². The number of hydrogen-bond donors (Lipinski definition) is 1. The molecule has 0 amide bonds. The summed E-state index contributed by atoms with van der Waals surface area (Å²) in [6, 6.07) is 12.2. The van der Waals surface area contributed by atoms with Gasteiger partial charge in [-0.3, -0.25) is 0 Å². The molecule has 5 heteroatoms. The number of para-hydroxylation sites is 1. The highest BCUT2D eigenvalue weighted by Crippen LogP contribution is 2.18. The van der Waals surface area contributed by atoms with E-state index in [9.17, 15) is 0 Å². The molecule has 1 N–H and O–H groups in total. The van der Waals surface area contributed by atoms with E-state index in [1.807, 2.05) is 43.4 Å². The SMILES string of the molecule is CN[C@@H]1CCN(c2ccnc(COc3ccccc3)n2)C1. The Bertz CT molecular complexity index is 575. The van der Waals surface area contributed by atoms with Crippen molar-refractivity contribution in [2.24, 2.45) is 0 Å². The largest absolute Gasteiger partial charge is 0.486 e. The van der Waals surface area contributed by atoms with Crippen LogP contribution in [0.1, 0.15) is 12.2 Å². The van der Waals surface area contributed by atoms with Gasteiger partial charge in [0.15, 0.2) is 5.82 Å². The normalized spacial score (nSPS) is 18.0. The summed E-state index contributed by atoms with van der Waals surface area (Å²) in [5, 5.41) is 3.32. The van der Waals surface area contributed by atoms with Gasteiger partial charge >= 0.3 is 0 Å². The second-order valence-electron chi connectivity index (χ2n) is 5.15. The number of anilines is 1. The molecule has 2 aromatic rings. The van der Waals surface area contributed by atoms with Gasteiger partial charge < -0.3 is 15.0 Å². The number of likely N-dealkylation sites (N-methyl/N-ethyl adjacent to an activating group) is 1. The van der Waals surface area contributed by atoms with Crippen molar-refractivity contribution >= 4 is 5.82 Å². The van der Waals surface area contributed by atoms with E-state index in [4.69, 9.17) is 4.74 Å². The fourth-order valence-electron chi connectivity index (χ4n) is 2.50. The zero-order valence-corrected chi connectivity index (χ0v) is 12.2. The fourth-order valence-corrected chi connectivity index (χ4v) is 2.50. The summed E-state index contributed by atoms with van der Waals surface area (Å²) in [6.07, 6.45) is 2.95. The average molecular weight is 284 g/mol. The molecule has 1 aliphatic rings. The van der Waals surface area contributed by atoms with Crippen molar-refractivity contribution in [2.45, 2.75) is 19.1 Å². The van der Waals surface area contributed by atoms with Crippen molar-refractivity contribution in [2.75, 3.05) is 25.0 Å². The van der Waals surface area contributed by atoms with Crippen LogP contribution in [0.25, 0.3) is 0 Å². The van der Waals surface area contributed by atoms with Gasteiger partial charge in [0.2, 0.25) is 0 Å². The molecule has 110 valence electrons. The Morgan fingerprint density at radius 1 is 1.29 bits per heavy atom. The van der Waals surface area contributed by atoms with Crippen LogP contribution in [0.3, 0.4) is 0 Å². The first-order valence-corrected chi connectivity index (χ1v) is 7.27. The molecule has 1 atom stereocenters. The monoisotopic (exact) mass is 284 g/mol. The molecule has 1 fully saturated rings. The predicted octanol–water partition coefficient (Wildman–Crippen LogP) is 1.85. The van der Waals surface area contributed by atoms with Gasteiger partial charge in [-0.05, 0) is 31.7 Å². The van der Waals surface area contributed by atoms with E-state index in [0.29, 0.717) is 18.5 Å². The first-order chi connectivity index (χ1) is 10.3. The summed E-state index contributed by atoms with van der Waals surface area (Å²) in [5.74, 6) is 2.53. The lowest BCUT2D eigenvalue weighted by atomic mass is 10.3. The minimum absolute atomic E-state index is 0.390. The molecule has 21 heavy (non-hydrogen) atoms. The Labute approximate surface area is 125 Å². The Morgan fingerprint density at radius 2 is 2.14 bits per heavy atom. The Kier molecular flexibility index (Phi) is 4.31.